The number of imidazole rings is 1. The quantitative estimate of drug-likeness (QED) is 0.774. The molecule has 0 aliphatic heterocycles. The minimum absolute atomic E-state index is 0.00464. The van der Waals surface area contributed by atoms with E-state index in [2.05, 4.69) is 20.3 Å². The molecule has 0 aromatic carbocycles. The zero-order valence-corrected chi connectivity index (χ0v) is 10.8. The van der Waals surface area contributed by atoms with Crippen LogP contribution in [0.4, 0.5) is 0 Å². The highest BCUT2D eigenvalue weighted by Crippen LogP contribution is 2.27. The van der Waals surface area contributed by atoms with Gasteiger partial charge in [0, 0.05) is 43.2 Å². The fourth-order valence-electron chi connectivity index (χ4n) is 2.71. The molecule has 5 nitrogen and oxygen atoms in total. The predicted molar refractivity (Wildman–Crippen MR) is 73.0 cm³/mol. The minimum Gasteiger partial charge on any atom is -0.349 e. The van der Waals surface area contributed by atoms with Crippen molar-refractivity contribution in [3.63, 3.8) is 0 Å². The molecule has 0 saturated carbocycles. The molecule has 1 atom stereocenters. The van der Waals surface area contributed by atoms with Crippen molar-refractivity contribution in [2.75, 3.05) is 6.54 Å². The summed E-state index contributed by atoms with van der Waals surface area (Å²) in [6, 6.07) is 3.92. The summed E-state index contributed by atoms with van der Waals surface area (Å²) in [7, 11) is 0. The van der Waals surface area contributed by atoms with E-state index in [0.29, 0.717) is 6.04 Å². The van der Waals surface area contributed by atoms with Crippen LogP contribution >= 0.6 is 0 Å². The molecule has 2 aromatic rings. The Balaban J connectivity index is 1.65. The van der Waals surface area contributed by atoms with E-state index in [1.807, 2.05) is 12.3 Å². The lowest BCUT2D eigenvalue weighted by atomic mass is 9.91. The predicted octanol–water partition coefficient (Wildman–Crippen LogP) is 1.31. The zero-order valence-electron chi connectivity index (χ0n) is 10.8. The van der Waals surface area contributed by atoms with Crippen molar-refractivity contribution in [1.29, 1.82) is 0 Å². The van der Waals surface area contributed by atoms with Gasteiger partial charge in [0.05, 0.1) is 0 Å². The van der Waals surface area contributed by atoms with Gasteiger partial charge in [-0.1, -0.05) is 6.07 Å². The smallest absolute Gasteiger partial charge is 0.248 e. The fourth-order valence-corrected chi connectivity index (χ4v) is 2.71. The Kier molecular flexibility index (Phi) is 3.46. The van der Waals surface area contributed by atoms with E-state index in [0.717, 1.165) is 43.7 Å². The minimum atomic E-state index is -0.00464. The zero-order chi connectivity index (χ0) is 13.1. The normalized spacial score (nSPS) is 18.2. The van der Waals surface area contributed by atoms with Crippen LogP contribution in [0.2, 0.25) is 0 Å². The molecule has 5 heteroatoms. The van der Waals surface area contributed by atoms with Crippen LogP contribution in [0, 0.1) is 0 Å². The van der Waals surface area contributed by atoms with Gasteiger partial charge in [0.1, 0.15) is 5.82 Å². The number of hydrogen-bond acceptors (Lipinski definition) is 3. The second kappa shape index (κ2) is 5.40. The molecule has 0 radical (unpaired) electrons. The van der Waals surface area contributed by atoms with Crippen molar-refractivity contribution in [2.24, 2.45) is 0 Å². The maximum absolute atomic E-state index is 11.3. The van der Waals surface area contributed by atoms with Gasteiger partial charge in [0.25, 0.3) is 0 Å². The van der Waals surface area contributed by atoms with E-state index in [9.17, 15) is 4.79 Å². The third-order valence-corrected chi connectivity index (χ3v) is 3.64. The molecule has 1 aliphatic rings. The molecule has 19 heavy (non-hydrogen) atoms. The third kappa shape index (κ3) is 2.76. The SMILES string of the molecule is O=c1ccc2c([nH]1)CCCC2NCCc1ncc[nH]1. The van der Waals surface area contributed by atoms with Crippen LogP contribution < -0.4 is 10.9 Å². The molecule has 100 valence electrons. The van der Waals surface area contributed by atoms with Gasteiger partial charge >= 0.3 is 0 Å². The Bertz CT molecular complexity index is 588. The number of aryl methyl sites for hydroxylation is 1. The highest BCUT2D eigenvalue weighted by molar-refractivity contribution is 5.26. The van der Waals surface area contributed by atoms with Crippen molar-refractivity contribution in [2.45, 2.75) is 31.7 Å². The summed E-state index contributed by atoms with van der Waals surface area (Å²) in [6.07, 6.45) is 7.72. The summed E-state index contributed by atoms with van der Waals surface area (Å²) in [6.45, 7) is 0.886. The van der Waals surface area contributed by atoms with Crippen molar-refractivity contribution in [3.8, 4) is 0 Å². The number of pyridine rings is 1. The summed E-state index contributed by atoms with van der Waals surface area (Å²) in [5, 5.41) is 3.55. The second-order valence-electron chi connectivity index (χ2n) is 4.94. The molecule has 3 N–H and O–H groups in total. The molecule has 3 rings (SSSR count). The van der Waals surface area contributed by atoms with Gasteiger partial charge in [-0.15, -0.1) is 0 Å². The van der Waals surface area contributed by atoms with E-state index in [4.69, 9.17) is 0 Å². The van der Waals surface area contributed by atoms with Gasteiger partial charge < -0.3 is 15.3 Å². The van der Waals surface area contributed by atoms with Crippen LogP contribution in [-0.4, -0.2) is 21.5 Å². The number of H-pyrrole nitrogens is 2. The first-order chi connectivity index (χ1) is 9.33. The van der Waals surface area contributed by atoms with Gasteiger partial charge in [0.2, 0.25) is 5.56 Å². The average Bonchev–Trinajstić information content (AvgIpc) is 2.92. The van der Waals surface area contributed by atoms with E-state index in [1.54, 1.807) is 12.3 Å². The number of rotatable bonds is 4. The molecular weight excluding hydrogens is 240 g/mol. The van der Waals surface area contributed by atoms with E-state index in [1.165, 1.54) is 5.56 Å². The summed E-state index contributed by atoms with van der Waals surface area (Å²) in [5.74, 6) is 1.00. The first-order valence-electron chi connectivity index (χ1n) is 6.76. The van der Waals surface area contributed by atoms with Gasteiger partial charge in [0.15, 0.2) is 0 Å². The lowest BCUT2D eigenvalue weighted by molar-refractivity contribution is 0.455. The van der Waals surface area contributed by atoms with E-state index >= 15 is 0 Å². The molecular formula is C14H18N4O. The number of hydrogen-bond donors (Lipinski definition) is 3. The topological polar surface area (TPSA) is 73.6 Å². The van der Waals surface area contributed by atoms with Crippen LogP contribution in [0.15, 0.2) is 29.3 Å². The van der Waals surface area contributed by atoms with Crippen molar-refractivity contribution >= 4 is 0 Å². The first kappa shape index (κ1) is 12.2. The highest BCUT2D eigenvalue weighted by atomic mass is 16.1. The highest BCUT2D eigenvalue weighted by Gasteiger charge is 2.19. The Labute approximate surface area is 111 Å². The van der Waals surface area contributed by atoms with Crippen LogP contribution in [-0.2, 0) is 12.8 Å². The largest absolute Gasteiger partial charge is 0.349 e. The Morgan fingerprint density at radius 1 is 1.42 bits per heavy atom. The third-order valence-electron chi connectivity index (χ3n) is 3.64. The first-order valence-corrected chi connectivity index (χ1v) is 6.76. The van der Waals surface area contributed by atoms with Crippen LogP contribution in [0.1, 0.15) is 36.0 Å². The summed E-state index contributed by atoms with van der Waals surface area (Å²) in [4.78, 5) is 21.6. The van der Waals surface area contributed by atoms with Crippen LogP contribution in [0.25, 0.3) is 0 Å². The number of fused-ring (bicyclic) bond motifs is 1. The van der Waals surface area contributed by atoms with Crippen molar-refractivity contribution in [1.82, 2.24) is 20.3 Å². The van der Waals surface area contributed by atoms with Crippen molar-refractivity contribution < 1.29 is 0 Å². The Morgan fingerprint density at radius 2 is 2.37 bits per heavy atom. The lowest BCUT2D eigenvalue weighted by Gasteiger charge is -2.25. The van der Waals surface area contributed by atoms with E-state index in [-0.39, 0.29) is 5.56 Å². The number of aromatic nitrogens is 3. The van der Waals surface area contributed by atoms with Gasteiger partial charge in [-0.25, -0.2) is 4.98 Å². The maximum atomic E-state index is 11.3. The molecule has 1 unspecified atom stereocenters. The Hall–Kier alpha value is -1.88. The maximum Gasteiger partial charge on any atom is 0.248 e. The summed E-state index contributed by atoms with van der Waals surface area (Å²) in [5.41, 5.74) is 2.33. The lowest BCUT2D eigenvalue weighted by Crippen LogP contribution is -2.29. The molecule has 2 aromatic heterocycles. The molecule has 0 saturated heterocycles. The van der Waals surface area contributed by atoms with Crippen molar-refractivity contribution in [3.05, 3.63) is 52.0 Å². The molecule has 0 fully saturated rings. The molecule has 1 aliphatic carbocycles. The Morgan fingerprint density at radius 3 is 3.21 bits per heavy atom. The molecule has 0 amide bonds. The number of aromatic amines is 2. The molecule has 0 spiro atoms. The van der Waals surface area contributed by atoms with Gasteiger partial charge in [-0.3, -0.25) is 4.79 Å². The second-order valence-corrected chi connectivity index (χ2v) is 4.94. The summed E-state index contributed by atoms with van der Waals surface area (Å²) >= 11 is 0. The van der Waals surface area contributed by atoms with Crippen LogP contribution in [0.5, 0.6) is 0 Å². The number of nitrogens with zero attached hydrogens (tertiary/aromatic N) is 1. The molecule has 2 heterocycles. The average molecular weight is 258 g/mol. The standard InChI is InChI=1S/C14H18N4O/c19-14-5-4-10-11(2-1-3-12(10)18-14)15-7-6-13-16-8-9-17-13/h4-5,8-9,11,15H,1-3,6-7H2,(H,16,17)(H,18,19). The fraction of sp³-hybridized carbons (Fsp3) is 0.429. The van der Waals surface area contributed by atoms with Crippen LogP contribution in [0.3, 0.4) is 0 Å². The van der Waals surface area contributed by atoms with Gasteiger partial charge in [-0.05, 0) is 24.8 Å². The van der Waals surface area contributed by atoms with Gasteiger partial charge in [-0.2, -0.15) is 0 Å². The monoisotopic (exact) mass is 258 g/mol. The van der Waals surface area contributed by atoms with E-state index < -0.39 is 0 Å². The summed E-state index contributed by atoms with van der Waals surface area (Å²) < 4.78 is 0. The molecule has 0 bridgehead atoms. The number of nitrogens with one attached hydrogen (secondary N) is 3.